The van der Waals surface area contributed by atoms with Crippen LogP contribution in [-0.4, -0.2) is 30.8 Å². The Hall–Kier alpha value is -1.55. The van der Waals surface area contributed by atoms with E-state index in [2.05, 4.69) is 10.3 Å². The standard InChI is InChI=1S/C15H19ClN2O2/c1-15(2,3)13(19)12(14-17-8-9-18-14)20-11-6-4-10(16)5-7-11/h4-7,12H,8-9H2,1-3H3,(H,17,18). The number of Topliss-reactive ketones (excluding diaryl/α,β-unsaturated/α-hetero) is 1. The fourth-order valence-corrected chi connectivity index (χ4v) is 1.99. The third kappa shape index (κ3) is 3.51. The van der Waals surface area contributed by atoms with Crippen molar-refractivity contribution in [1.29, 1.82) is 0 Å². The van der Waals surface area contributed by atoms with Gasteiger partial charge < -0.3 is 10.1 Å². The molecule has 0 aromatic heterocycles. The highest BCUT2D eigenvalue weighted by Gasteiger charge is 2.35. The second-order valence-corrected chi connectivity index (χ2v) is 6.20. The van der Waals surface area contributed by atoms with Crippen LogP contribution in [0.15, 0.2) is 29.3 Å². The van der Waals surface area contributed by atoms with Crippen molar-refractivity contribution in [1.82, 2.24) is 5.32 Å². The molecule has 0 amide bonds. The zero-order valence-corrected chi connectivity index (χ0v) is 12.7. The molecule has 1 aromatic carbocycles. The van der Waals surface area contributed by atoms with Crippen molar-refractivity contribution in [2.75, 3.05) is 13.1 Å². The second-order valence-electron chi connectivity index (χ2n) is 5.76. The number of carbonyl (C=O) groups is 1. The van der Waals surface area contributed by atoms with Gasteiger partial charge in [-0.15, -0.1) is 0 Å². The fourth-order valence-electron chi connectivity index (χ4n) is 1.87. The zero-order chi connectivity index (χ0) is 14.8. The SMILES string of the molecule is CC(C)(C)C(=O)C(Oc1ccc(Cl)cc1)C1=NCCN1. The summed E-state index contributed by atoms with van der Waals surface area (Å²) >= 11 is 5.85. The largest absolute Gasteiger partial charge is 0.475 e. The van der Waals surface area contributed by atoms with Crippen LogP contribution in [0.25, 0.3) is 0 Å². The van der Waals surface area contributed by atoms with Crippen molar-refractivity contribution in [2.45, 2.75) is 26.9 Å². The quantitative estimate of drug-likeness (QED) is 0.929. The lowest BCUT2D eigenvalue weighted by Gasteiger charge is -2.25. The van der Waals surface area contributed by atoms with Crippen LogP contribution in [0, 0.1) is 5.41 Å². The van der Waals surface area contributed by atoms with Crippen LogP contribution < -0.4 is 10.1 Å². The Kier molecular flexibility index (Phi) is 4.33. The number of halogens is 1. The van der Waals surface area contributed by atoms with Gasteiger partial charge in [0.2, 0.25) is 6.10 Å². The lowest BCUT2D eigenvalue weighted by Crippen LogP contribution is -2.46. The van der Waals surface area contributed by atoms with E-state index in [9.17, 15) is 4.79 Å². The summed E-state index contributed by atoms with van der Waals surface area (Å²) in [4.78, 5) is 16.9. The summed E-state index contributed by atoms with van der Waals surface area (Å²) < 4.78 is 5.84. The molecule has 2 rings (SSSR count). The Morgan fingerprint density at radius 2 is 2.00 bits per heavy atom. The maximum Gasteiger partial charge on any atom is 0.213 e. The van der Waals surface area contributed by atoms with Gasteiger partial charge in [0.05, 0.1) is 6.54 Å². The van der Waals surface area contributed by atoms with Crippen LogP contribution in [0.2, 0.25) is 5.02 Å². The number of aliphatic imine (C=N–C) groups is 1. The molecule has 0 saturated carbocycles. The summed E-state index contributed by atoms with van der Waals surface area (Å²) in [5, 5.41) is 3.75. The van der Waals surface area contributed by atoms with Crippen molar-refractivity contribution in [3.8, 4) is 5.75 Å². The van der Waals surface area contributed by atoms with E-state index in [0.717, 1.165) is 6.54 Å². The summed E-state index contributed by atoms with van der Waals surface area (Å²) in [6.45, 7) is 7.05. The lowest BCUT2D eigenvalue weighted by molar-refractivity contribution is -0.130. The topological polar surface area (TPSA) is 50.7 Å². The first-order valence-corrected chi connectivity index (χ1v) is 7.00. The van der Waals surface area contributed by atoms with Gasteiger partial charge in [0.15, 0.2) is 5.78 Å². The molecule has 5 heteroatoms. The summed E-state index contributed by atoms with van der Waals surface area (Å²) in [7, 11) is 0. The van der Waals surface area contributed by atoms with Gasteiger partial charge in [0.1, 0.15) is 11.6 Å². The van der Waals surface area contributed by atoms with E-state index in [1.165, 1.54) is 0 Å². The third-order valence-corrected chi connectivity index (χ3v) is 3.25. The number of benzene rings is 1. The molecule has 0 bridgehead atoms. The Morgan fingerprint density at radius 3 is 2.50 bits per heavy atom. The Bertz CT molecular complexity index is 518. The number of rotatable bonds is 4. The van der Waals surface area contributed by atoms with Crippen molar-refractivity contribution < 1.29 is 9.53 Å². The molecule has 20 heavy (non-hydrogen) atoms. The first-order valence-electron chi connectivity index (χ1n) is 6.63. The van der Waals surface area contributed by atoms with Crippen molar-refractivity contribution in [3.63, 3.8) is 0 Å². The van der Waals surface area contributed by atoms with E-state index in [-0.39, 0.29) is 5.78 Å². The van der Waals surface area contributed by atoms with Crippen molar-refractivity contribution in [3.05, 3.63) is 29.3 Å². The Labute approximate surface area is 124 Å². The monoisotopic (exact) mass is 294 g/mol. The van der Waals surface area contributed by atoms with Crippen LogP contribution in [0.1, 0.15) is 20.8 Å². The molecule has 1 N–H and O–H groups in total. The molecule has 0 saturated heterocycles. The Morgan fingerprint density at radius 1 is 1.35 bits per heavy atom. The van der Waals surface area contributed by atoms with Gasteiger partial charge in [-0.05, 0) is 24.3 Å². The zero-order valence-electron chi connectivity index (χ0n) is 11.9. The molecule has 1 aromatic rings. The van der Waals surface area contributed by atoms with Crippen molar-refractivity contribution in [2.24, 2.45) is 10.4 Å². The number of carbonyl (C=O) groups excluding carboxylic acids is 1. The Balaban J connectivity index is 2.23. The molecule has 1 heterocycles. The number of ketones is 1. The first kappa shape index (κ1) is 14.9. The van der Waals surface area contributed by atoms with Gasteiger partial charge >= 0.3 is 0 Å². The summed E-state index contributed by atoms with van der Waals surface area (Å²) in [6.07, 6.45) is -0.696. The predicted molar refractivity (Wildman–Crippen MR) is 80.6 cm³/mol. The molecule has 1 unspecified atom stereocenters. The highest BCUT2D eigenvalue weighted by atomic mass is 35.5. The number of amidine groups is 1. The molecule has 0 spiro atoms. The average molecular weight is 295 g/mol. The molecule has 1 aliphatic rings. The van der Waals surface area contributed by atoms with Gasteiger partial charge in [0, 0.05) is 17.0 Å². The molecule has 0 radical (unpaired) electrons. The number of hydrogen-bond acceptors (Lipinski definition) is 4. The van der Waals surface area contributed by atoms with E-state index < -0.39 is 11.5 Å². The van der Waals surface area contributed by atoms with E-state index in [1.54, 1.807) is 24.3 Å². The lowest BCUT2D eigenvalue weighted by atomic mass is 9.87. The van der Waals surface area contributed by atoms with Crippen LogP contribution >= 0.6 is 11.6 Å². The van der Waals surface area contributed by atoms with E-state index >= 15 is 0 Å². The summed E-state index contributed by atoms with van der Waals surface area (Å²) in [5.41, 5.74) is -0.496. The third-order valence-electron chi connectivity index (χ3n) is 2.99. The number of nitrogens with one attached hydrogen (secondary N) is 1. The van der Waals surface area contributed by atoms with Crippen LogP contribution in [0.5, 0.6) is 5.75 Å². The molecule has 1 aliphatic heterocycles. The fraction of sp³-hybridized carbons (Fsp3) is 0.467. The minimum absolute atomic E-state index is 0.000556. The highest BCUT2D eigenvalue weighted by molar-refractivity contribution is 6.30. The van der Waals surface area contributed by atoms with E-state index in [0.29, 0.717) is 23.2 Å². The second kappa shape index (κ2) is 5.83. The molecule has 0 aliphatic carbocycles. The van der Waals surface area contributed by atoms with Gasteiger partial charge in [0.25, 0.3) is 0 Å². The maximum atomic E-state index is 12.6. The van der Waals surface area contributed by atoms with E-state index in [4.69, 9.17) is 16.3 Å². The van der Waals surface area contributed by atoms with E-state index in [1.807, 2.05) is 20.8 Å². The van der Waals surface area contributed by atoms with Gasteiger partial charge in [-0.1, -0.05) is 32.4 Å². The molecular formula is C15H19ClN2O2. The van der Waals surface area contributed by atoms with Gasteiger partial charge in [-0.2, -0.15) is 0 Å². The van der Waals surface area contributed by atoms with Crippen LogP contribution in [0.3, 0.4) is 0 Å². The van der Waals surface area contributed by atoms with Gasteiger partial charge in [-0.3, -0.25) is 9.79 Å². The summed E-state index contributed by atoms with van der Waals surface area (Å²) in [6, 6.07) is 6.97. The highest BCUT2D eigenvalue weighted by Crippen LogP contribution is 2.23. The van der Waals surface area contributed by atoms with Crippen LogP contribution in [0.4, 0.5) is 0 Å². The van der Waals surface area contributed by atoms with Gasteiger partial charge in [-0.25, -0.2) is 0 Å². The van der Waals surface area contributed by atoms with Crippen molar-refractivity contribution >= 4 is 23.2 Å². The number of nitrogens with zero attached hydrogens (tertiary/aromatic N) is 1. The molecule has 0 fully saturated rings. The normalized spacial score (nSPS) is 16.3. The number of ether oxygens (including phenoxy) is 1. The molecule has 4 nitrogen and oxygen atoms in total. The van der Waals surface area contributed by atoms with Crippen LogP contribution in [-0.2, 0) is 4.79 Å². The average Bonchev–Trinajstić information content (AvgIpc) is 2.90. The first-order chi connectivity index (χ1) is 9.38. The smallest absolute Gasteiger partial charge is 0.213 e. The number of hydrogen-bond donors (Lipinski definition) is 1. The predicted octanol–water partition coefficient (Wildman–Crippen LogP) is 2.70. The summed E-state index contributed by atoms with van der Waals surface area (Å²) in [5.74, 6) is 1.22. The minimum Gasteiger partial charge on any atom is -0.475 e. The maximum absolute atomic E-state index is 12.6. The minimum atomic E-state index is -0.696. The molecule has 108 valence electrons. The molecule has 1 atom stereocenters. The molecular weight excluding hydrogens is 276 g/mol.